The number of benzene rings is 2. The van der Waals surface area contributed by atoms with E-state index in [1.165, 1.54) is 12.1 Å². The molecule has 1 amide bonds. The lowest BCUT2D eigenvalue weighted by molar-refractivity contribution is -0.132. The monoisotopic (exact) mass is 476 g/mol. The molecular weight excluding hydrogens is 453 g/mol. The third-order valence-corrected chi connectivity index (χ3v) is 5.91. The highest BCUT2D eigenvalue weighted by Crippen LogP contribution is 2.41. The molecular formula is C22H25Cl3F2N2O. The van der Waals surface area contributed by atoms with Gasteiger partial charge in [0.25, 0.3) is 0 Å². The van der Waals surface area contributed by atoms with Crippen molar-refractivity contribution in [2.24, 2.45) is 0 Å². The molecule has 0 aliphatic carbocycles. The molecule has 1 unspecified atom stereocenters. The number of nitrogens with zero attached hydrogens (tertiary/aromatic N) is 1. The lowest BCUT2D eigenvalue weighted by Gasteiger charge is -2.38. The number of rotatable bonds is 6. The number of halogens is 5. The van der Waals surface area contributed by atoms with Gasteiger partial charge in [-0.2, -0.15) is 0 Å². The van der Waals surface area contributed by atoms with Gasteiger partial charge >= 0.3 is 0 Å². The number of carbonyl (C=O) groups excluding carboxylic acids is 1. The first kappa shape index (κ1) is 24.9. The van der Waals surface area contributed by atoms with Gasteiger partial charge in [0, 0.05) is 36.0 Å². The lowest BCUT2D eigenvalue weighted by atomic mass is 9.75. The third kappa shape index (κ3) is 6.30. The predicted octanol–water partition coefficient (Wildman–Crippen LogP) is 5.78. The summed E-state index contributed by atoms with van der Waals surface area (Å²) in [5.41, 5.74) is -0.0734. The number of amides is 1. The molecule has 1 aliphatic rings. The normalized spacial score (nSPS) is 16.4. The molecule has 1 fully saturated rings. The van der Waals surface area contributed by atoms with Crippen LogP contribution in [0.3, 0.4) is 0 Å². The van der Waals surface area contributed by atoms with Crippen LogP contribution in [-0.2, 0) is 11.3 Å². The summed E-state index contributed by atoms with van der Waals surface area (Å²) in [6.07, 6.45) is 0.638. The van der Waals surface area contributed by atoms with Crippen LogP contribution in [0.4, 0.5) is 8.78 Å². The second kappa shape index (κ2) is 10.8. The molecule has 1 heterocycles. The van der Waals surface area contributed by atoms with Crippen molar-refractivity contribution in [3.05, 3.63) is 69.5 Å². The van der Waals surface area contributed by atoms with E-state index < -0.39 is 11.6 Å². The average molecular weight is 478 g/mol. The van der Waals surface area contributed by atoms with Crippen molar-refractivity contribution in [3.63, 3.8) is 0 Å². The number of nitrogens with one attached hydrogen (secondary N) is 1. The molecule has 1 saturated heterocycles. The van der Waals surface area contributed by atoms with E-state index in [2.05, 4.69) is 5.32 Å². The molecule has 3 rings (SSSR count). The number of hydrogen-bond donors (Lipinski definition) is 1. The molecule has 164 valence electrons. The van der Waals surface area contributed by atoms with Gasteiger partial charge in [-0.25, -0.2) is 8.78 Å². The Balaban J connectivity index is 0.00000320. The Morgan fingerprint density at radius 2 is 1.70 bits per heavy atom. The van der Waals surface area contributed by atoms with Crippen molar-refractivity contribution < 1.29 is 13.6 Å². The minimum atomic E-state index is -1.51. The Morgan fingerprint density at radius 1 is 1.13 bits per heavy atom. The fourth-order valence-electron chi connectivity index (χ4n) is 3.88. The van der Waals surface area contributed by atoms with E-state index in [-0.39, 0.29) is 30.6 Å². The largest absolute Gasteiger partial charge is 0.341 e. The van der Waals surface area contributed by atoms with Gasteiger partial charge < -0.3 is 10.2 Å². The van der Waals surface area contributed by atoms with E-state index in [9.17, 15) is 9.18 Å². The summed E-state index contributed by atoms with van der Waals surface area (Å²) in [6, 6.07) is 10.9. The smallest absolute Gasteiger partial charge is 0.223 e. The van der Waals surface area contributed by atoms with Gasteiger partial charge in [0.15, 0.2) is 0 Å². The van der Waals surface area contributed by atoms with Gasteiger partial charge in [-0.3, -0.25) is 4.79 Å². The summed E-state index contributed by atoms with van der Waals surface area (Å²) >= 11 is 12.1. The minimum absolute atomic E-state index is 0. The van der Waals surface area contributed by atoms with Gasteiger partial charge in [-0.15, -0.1) is 12.4 Å². The van der Waals surface area contributed by atoms with Crippen LogP contribution in [-0.4, -0.2) is 36.6 Å². The van der Waals surface area contributed by atoms with Gasteiger partial charge in [-0.05, 0) is 67.4 Å². The van der Waals surface area contributed by atoms with Gasteiger partial charge in [0.2, 0.25) is 5.91 Å². The standard InChI is InChI=1S/C22H24Cl2F2N2O.ClH/c1-28(14-15-10-17(23)12-18(24)11-15)21(29)13-20(16-2-4-19(25)5-3-16)22(26)6-8-27-9-7-22;/h2-5,10-12,20,27H,6-9,13-14H2,1H3;1H. The SMILES string of the molecule is CN(Cc1cc(Cl)cc(Cl)c1)C(=O)CC(c1ccc(F)cc1)C1(F)CCNCC1.Cl. The topological polar surface area (TPSA) is 32.3 Å². The third-order valence-electron chi connectivity index (χ3n) is 5.48. The van der Waals surface area contributed by atoms with Crippen molar-refractivity contribution in [3.8, 4) is 0 Å². The Kier molecular flexibility index (Phi) is 8.92. The van der Waals surface area contributed by atoms with Crippen LogP contribution in [0.5, 0.6) is 0 Å². The van der Waals surface area contributed by atoms with Crippen LogP contribution in [0, 0.1) is 5.82 Å². The van der Waals surface area contributed by atoms with Crippen molar-refractivity contribution in [2.45, 2.75) is 37.4 Å². The maximum Gasteiger partial charge on any atom is 0.223 e. The Labute approximate surface area is 192 Å². The summed E-state index contributed by atoms with van der Waals surface area (Å²) in [6.45, 7) is 1.43. The molecule has 0 radical (unpaired) electrons. The van der Waals surface area contributed by atoms with Crippen LogP contribution in [0.2, 0.25) is 10.0 Å². The summed E-state index contributed by atoms with van der Waals surface area (Å²) in [5.74, 6) is -1.21. The predicted molar refractivity (Wildman–Crippen MR) is 120 cm³/mol. The second-order valence-corrected chi connectivity index (χ2v) is 8.49. The number of piperidine rings is 1. The first-order chi connectivity index (χ1) is 13.8. The van der Waals surface area contributed by atoms with E-state index in [4.69, 9.17) is 23.2 Å². The number of carbonyl (C=O) groups is 1. The number of alkyl halides is 1. The van der Waals surface area contributed by atoms with E-state index in [0.717, 1.165) is 5.56 Å². The van der Waals surface area contributed by atoms with Crippen LogP contribution < -0.4 is 5.32 Å². The molecule has 8 heteroatoms. The summed E-state index contributed by atoms with van der Waals surface area (Å²) in [7, 11) is 1.67. The van der Waals surface area contributed by atoms with E-state index in [1.807, 2.05) is 0 Å². The minimum Gasteiger partial charge on any atom is -0.341 e. The molecule has 30 heavy (non-hydrogen) atoms. The Hall–Kier alpha value is -1.40. The van der Waals surface area contributed by atoms with Crippen LogP contribution in [0.15, 0.2) is 42.5 Å². The molecule has 0 spiro atoms. The molecule has 2 aromatic rings. The first-order valence-electron chi connectivity index (χ1n) is 9.61. The fourth-order valence-corrected chi connectivity index (χ4v) is 4.45. The maximum absolute atomic E-state index is 15.8. The molecule has 3 nitrogen and oxygen atoms in total. The van der Waals surface area contributed by atoms with Crippen LogP contribution >= 0.6 is 35.6 Å². The maximum atomic E-state index is 15.8. The molecule has 0 aromatic heterocycles. The van der Waals surface area contributed by atoms with Gasteiger partial charge in [0.1, 0.15) is 11.5 Å². The fraction of sp³-hybridized carbons (Fsp3) is 0.409. The Bertz CT molecular complexity index is 838. The zero-order valence-corrected chi connectivity index (χ0v) is 19.0. The second-order valence-electron chi connectivity index (χ2n) is 7.62. The molecule has 0 saturated carbocycles. The lowest BCUT2D eigenvalue weighted by Crippen LogP contribution is -2.44. The summed E-state index contributed by atoms with van der Waals surface area (Å²) < 4.78 is 29.2. The van der Waals surface area contributed by atoms with Gasteiger partial charge in [-0.1, -0.05) is 35.3 Å². The summed E-state index contributed by atoms with van der Waals surface area (Å²) in [4.78, 5) is 14.5. The van der Waals surface area contributed by atoms with Crippen LogP contribution in [0.1, 0.15) is 36.3 Å². The highest BCUT2D eigenvalue weighted by molar-refractivity contribution is 6.34. The highest BCUT2D eigenvalue weighted by Gasteiger charge is 2.42. The van der Waals surface area contributed by atoms with E-state index >= 15 is 4.39 Å². The Morgan fingerprint density at radius 3 is 2.27 bits per heavy atom. The zero-order valence-electron chi connectivity index (χ0n) is 16.6. The molecule has 2 aromatic carbocycles. The van der Waals surface area contributed by atoms with Crippen molar-refractivity contribution in [2.75, 3.05) is 20.1 Å². The van der Waals surface area contributed by atoms with Gasteiger partial charge in [0.05, 0.1) is 0 Å². The van der Waals surface area contributed by atoms with Crippen LogP contribution in [0.25, 0.3) is 0 Å². The first-order valence-corrected chi connectivity index (χ1v) is 10.4. The van der Waals surface area contributed by atoms with Crippen molar-refractivity contribution >= 4 is 41.5 Å². The van der Waals surface area contributed by atoms with Crippen molar-refractivity contribution in [1.82, 2.24) is 10.2 Å². The zero-order chi connectivity index (χ0) is 21.0. The van der Waals surface area contributed by atoms with E-state index in [1.54, 1.807) is 42.3 Å². The number of hydrogen-bond acceptors (Lipinski definition) is 2. The average Bonchev–Trinajstić information content (AvgIpc) is 2.66. The molecule has 1 N–H and O–H groups in total. The quantitative estimate of drug-likeness (QED) is 0.572. The molecule has 1 atom stereocenters. The summed E-state index contributed by atoms with van der Waals surface area (Å²) in [5, 5.41) is 4.15. The highest BCUT2D eigenvalue weighted by atomic mass is 35.5. The molecule has 1 aliphatic heterocycles. The molecule has 0 bridgehead atoms. The van der Waals surface area contributed by atoms with E-state index in [0.29, 0.717) is 48.1 Å². The van der Waals surface area contributed by atoms with Crippen molar-refractivity contribution in [1.29, 1.82) is 0 Å².